The molecule has 2 aromatic rings. The standard InChI is InChI=1S/C13H15BrN2S/c1-9-7-10(4-5-12(9)14)13(16-15)8-11-3-2-6-17-11/h2-7,13,16H,8,15H2,1H3. The van der Waals surface area contributed by atoms with Gasteiger partial charge in [0.15, 0.2) is 0 Å². The number of hydrogen-bond donors (Lipinski definition) is 2. The highest BCUT2D eigenvalue weighted by atomic mass is 79.9. The van der Waals surface area contributed by atoms with E-state index in [1.54, 1.807) is 11.3 Å². The smallest absolute Gasteiger partial charge is 0.0508 e. The van der Waals surface area contributed by atoms with E-state index in [1.165, 1.54) is 16.0 Å². The Bertz CT molecular complexity index is 482. The van der Waals surface area contributed by atoms with Gasteiger partial charge < -0.3 is 0 Å². The Labute approximate surface area is 114 Å². The van der Waals surface area contributed by atoms with E-state index < -0.39 is 0 Å². The summed E-state index contributed by atoms with van der Waals surface area (Å²) in [6, 6.07) is 10.7. The summed E-state index contributed by atoms with van der Waals surface area (Å²) >= 11 is 5.28. The fourth-order valence-corrected chi connectivity index (χ4v) is 2.79. The van der Waals surface area contributed by atoms with Gasteiger partial charge in [-0.3, -0.25) is 11.3 Å². The average molecular weight is 311 g/mol. The lowest BCUT2D eigenvalue weighted by atomic mass is 10.0. The molecule has 1 unspecified atom stereocenters. The molecule has 0 aliphatic heterocycles. The third-order valence-corrected chi connectivity index (χ3v) is 4.56. The van der Waals surface area contributed by atoms with Crippen LogP contribution in [-0.2, 0) is 6.42 Å². The minimum atomic E-state index is 0.167. The number of thiophene rings is 1. The minimum Gasteiger partial charge on any atom is -0.271 e. The molecule has 0 fully saturated rings. The molecule has 0 radical (unpaired) electrons. The van der Waals surface area contributed by atoms with Crippen molar-refractivity contribution in [3.05, 3.63) is 56.2 Å². The molecule has 0 aliphatic carbocycles. The van der Waals surface area contributed by atoms with Crippen molar-refractivity contribution >= 4 is 27.3 Å². The van der Waals surface area contributed by atoms with Crippen LogP contribution in [-0.4, -0.2) is 0 Å². The Kier molecular flexibility index (Phi) is 4.34. The Balaban J connectivity index is 2.20. The normalized spacial score (nSPS) is 12.6. The molecule has 0 aliphatic rings. The maximum atomic E-state index is 5.65. The van der Waals surface area contributed by atoms with E-state index in [2.05, 4.69) is 64.0 Å². The molecular formula is C13H15BrN2S. The molecule has 0 saturated heterocycles. The fraction of sp³-hybridized carbons (Fsp3) is 0.231. The second-order valence-electron chi connectivity index (χ2n) is 4.01. The average Bonchev–Trinajstić information content (AvgIpc) is 2.82. The van der Waals surface area contributed by atoms with Crippen molar-refractivity contribution in [3.63, 3.8) is 0 Å². The molecule has 4 heteroatoms. The summed E-state index contributed by atoms with van der Waals surface area (Å²) in [5.74, 6) is 5.65. The number of rotatable bonds is 4. The van der Waals surface area contributed by atoms with Gasteiger partial charge in [0.05, 0.1) is 6.04 Å². The first-order valence-electron chi connectivity index (χ1n) is 5.45. The molecule has 3 N–H and O–H groups in total. The SMILES string of the molecule is Cc1cc(C(Cc2cccs2)NN)ccc1Br. The van der Waals surface area contributed by atoms with Crippen LogP contribution < -0.4 is 11.3 Å². The van der Waals surface area contributed by atoms with Gasteiger partial charge >= 0.3 is 0 Å². The third kappa shape index (κ3) is 3.16. The Morgan fingerprint density at radius 1 is 1.41 bits per heavy atom. The van der Waals surface area contributed by atoms with Crippen molar-refractivity contribution in [2.45, 2.75) is 19.4 Å². The molecular weight excluding hydrogens is 296 g/mol. The van der Waals surface area contributed by atoms with Gasteiger partial charge in [-0.25, -0.2) is 0 Å². The minimum absolute atomic E-state index is 0.167. The molecule has 1 aromatic heterocycles. The number of hydrazine groups is 1. The molecule has 0 spiro atoms. The van der Waals surface area contributed by atoms with Gasteiger partial charge in [-0.05, 0) is 35.6 Å². The van der Waals surface area contributed by atoms with Crippen LogP contribution in [0.5, 0.6) is 0 Å². The van der Waals surface area contributed by atoms with Gasteiger partial charge in [0.1, 0.15) is 0 Å². The molecule has 1 atom stereocenters. The molecule has 0 bridgehead atoms. The molecule has 2 nitrogen and oxygen atoms in total. The third-order valence-electron chi connectivity index (χ3n) is 2.77. The van der Waals surface area contributed by atoms with Crippen molar-refractivity contribution in [1.29, 1.82) is 0 Å². The lowest BCUT2D eigenvalue weighted by Gasteiger charge is -2.16. The van der Waals surface area contributed by atoms with E-state index in [0.29, 0.717) is 0 Å². The Morgan fingerprint density at radius 3 is 2.82 bits per heavy atom. The number of nitrogens with one attached hydrogen (secondary N) is 1. The second-order valence-corrected chi connectivity index (χ2v) is 5.90. The predicted molar refractivity (Wildman–Crippen MR) is 77.0 cm³/mol. The van der Waals surface area contributed by atoms with Gasteiger partial charge in [0.25, 0.3) is 0 Å². The van der Waals surface area contributed by atoms with Crippen molar-refractivity contribution < 1.29 is 0 Å². The maximum absolute atomic E-state index is 5.65. The Hall–Kier alpha value is -0.680. The zero-order chi connectivity index (χ0) is 12.3. The Morgan fingerprint density at radius 2 is 2.24 bits per heavy atom. The molecule has 1 aromatic carbocycles. The van der Waals surface area contributed by atoms with Gasteiger partial charge in [-0.2, -0.15) is 0 Å². The zero-order valence-electron chi connectivity index (χ0n) is 9.61. The number of halogens is 1. The van der Waals surface area contributed by atoms with Crippen LogP contribution >= 0.6 is 27.3 Å². The number of aryl methyl sites for hydroxylation is 1. The van der Waals surface area contributed by atoms with Crippen molar-refractivity contribution in [3.8, 4) is 0 Å². The van der Waals surface area contributed by atoms with Crippen LogP contribution in [0.15, 0.2) is 40.2 Å². The zero-order valence-corrected chi connectivity index (χ0v) is 12.0. The fourth-order valence-electron chi connectivity index (χ4n) is 1.79. The molecule has 90 valence electrons. The molecule has 2 rings (SSSR count). The summed E-state index contributed by atoms with van der Waals surface area (Å²) < 4.78 is 1.13. The summed E-state index contributed by atoms with van der Waals surface area (Å²) in [4.78, 5) is 1.34. The second kappa shape index (κ2) is 5.78. The first-order chi connectivity index (χ1) is 8.20. The van der Waals surface area contributed by atoms with E-state index in [1.807, 2.05) is 0 Å². The van der Waals surface area contributed by atoms with Gasteiger partial charge in [-0.15, -0.1) is 11.3 Å². The van der Waals surface area contributed by atoms with Crippen LogP contribution in [0.25, 0.3) is 0 Å². The summed E-state index contributed by atoms with van der Waals surface area (Å²) in [6.45, 7) is 2.09. The quantitative estimate of drug-likeness (QED) is 0.669. The summed E-state index contributed by atoms with van der Waals surface area (Å²) in [5, 5.41) is 2.09. The van der Waals surface area contributed by atoms with Crippen LogP contribution in [0.2, 0.25) is 0 Å². The largest absolute Gasteiger partial charge is 0.271 e. The topological polar surface area (TPSA) is 38.0 Å². The maximum Gasteiger partial charge on any atom is 0.0508 e. The van der Waals surface area contributed by atoms with E-state index in [-0.39, 0.29) is 6.04 Å². The van der Waals surface area contributed by atoms with E-state index >= 15 is 0 Å². The highest BCUT2D eigenvalue weighted by molar-refractivity contribution is 9.10. The van der Waals surface area contributed by atoms with E-state index in [4.69, 9.17) is 5.84 Å². The van der Waals surface area contributed by atoms with E-state index in [0.717, 1.165) is 10.9 Å². The number of hydrogen-bond acceptors (Lipinski definition) is 3. The number of nitrogens with two attached hydrogens (primary N) is 1. The summed E-state index contributed by atoms with van der Waals surface area (Å²) in [6.07, 6.45) is 0.926. The van der Waals surface area contributed by atoms with Crippen molar-refractivity contribution in [2.24, 2.45) is 5.84 Å². The van der Waals surface area contributed by atoms with Crippen molar-refractivity contribution in [1.82, 2.24) is 5.43 Å². The van der Waals surface area contributed by atoms with Crippen LogP contribution in [0.1, 0.15) is 22.0 Å². The van der Waals surface area contributed by atoms with Crippen LogP contribution in [0, 0.1) is 6.92 Å². The summed E-state index contributed by atoms with van der Waals surface area (Å²) in [5.41, 5.74) is 5.35. The van der Waals surface area contributed by atoms with Crippen LogP contribution in [0.3, 0.4) is 0 Å². The van der Waals surface area contributed by atoms with Gasteiger partial charge in [0, 0.05) is 15.8 Å². The van der Waals surface area contributed by atoms with Gasteiger partial charge in [0.2, 0.25) is 0 Å². The highest BCUT2D eigenvalue weighted by Gasteiger charge is 2.11. The van der Waals surface area contributed by atoms with Crippen LogP contribution in [0.4, 0.5) is 0 Å². The monoisotopic (exact) mass is 310 g/mol. The lowest BCUT2D eigenvalue weighted by molar-refractivity contribution is 0.555. The first-order valence-corrected chi connectivity index (χ1v) is 7.12. The number of benzene rings is 1. The van der Waals surface area contributed by atoms with E-state index in [9.17, 15) is 0 Å². The molecule has 17 heavy (non-hydrogen) atoms. The highest BCUT2D eigenvalue weighted by Crippen LogP contribution is 2.24. The summed E-state index contributed by atoms with van der Waals surface area (Å²) in [7, 11) is 0. The predicted octanol–water partition coefficient (Wildman–Crippen LogP) is 3.57. The molecule has 1 heterocycles. The van der Waals surface area contributed by atoms with Crippen molar-refractivity contribution in [2.75, 3.05) is 0 Å². The molecule has 0 amide bonds. The van der Waals surface area contributed by atoms with Gasteiger partial charge in [-0.1, -0.05) is 34.1 Å². The first kappa shape index (κ1) is 12.8. The lowest BCUT2D eigenvalue weighted by Crippen LogP contribution is -2.29. The molecule has 0 saturated carbocycles.